The summed E-state index contributed by atoms with van der Waals surface area (Å²) in [4.78, 5) is 0. The van der Waals surface area contributed by atoms with Crippen LogP contribution in [0.4, 0.5) is 0 Å². The first-order chi connectivity index (χ1) is 7.70. The van der Waals surface area contributed by atoms with Crippen molar-refractivity contribution < 1.29 is 9.47 Å². The Labute approximate surface area is 101 Å². The molecule has 0 unspecified atom stereocenters. The molecular formula is C13H19O2Si. The van der Waals surface area contributed by atoms with Crippen molar-refractivity contribution in [2.75, 3.05) is 13.2 Å². The van der Waals surface area contributed by atoms with Gasteiger partial charge in [0.15, 0.2) is 11.5 Å². The van der Waals surface area contributed by atoms with Crippen LogP contribution < -0.4 is 14.7 Å². The summed E-state index contributed by atoms with van der Waals surface area (Å²) in [5.74, 6) is 1.69. The molecule has 1 rings (SSSR count). The van der Waals surface area contributed by atoms with Gasteiger partial charge in [-0.05, 0) is 30.5 Å². The maximum absolute atomic E-state index is 5.74. The van der Waals surface area contributed by atoms with Crippen LogP contribution >= 0.6 is 0 Å². The van der Waals surface area contributed by atoms with Crippen LogP contribution in [0.1, 0.15) is 32.3 Å². The molecule has 0 aromatic heterocycles. The van der Waals surface area contributed by atoms with Crippen LogP contribution in [0.25, 0.3) is 0 Å². The number of rotatable bonds is 6. The quantitative estimate of drug-likeness (QED) is 0.705. The molecule has 0 aliphatic rings. The van der Waals surface area contributed by atoms with E-state index < -0.39 is 0 Å². The number of hydrogen-bond donors (Lipinski definition) is 0. The van der Waals surface area contributed by atoms with Crippen molar-refractivity contribution in [3.8, 4) is 11.5 Å². The molecule has 1 aromatic carbocycles. The molecule has 0 saturated carbocycles. The molecule has 0 aliphatic carbocycles. The van der Waals surface area contributed by atoms with Crippen molar-refractivity contribution in [3.05, 3.63) is 17.7 Å². The Morgan fingerprint density at radius 2 is 1.56 bits per heavy atom. The number of hydrogen-bond acceptors (Lipinski definition) is 2. The predicted octanol–water partition coefficient (Wildman–Crippen LogP) is 2.37. The first-order valence-electron chi connectivity index (χ1n) is 5.81. The van der Waals surface area contributed by atoms with Crippen molar-refractivity contribution in [2.24, 2.45) is 0 Å². The third-order valence-corrected chi connectivity index (χ3v) is 2.60. The van der Waals surface area contributed by atoms with Crippen LogP contribution in [0.15, 0.2) is 12.1 Å². The van der Waals surface area contributed by atoms with Gasteiger partial charge in [0.05, 0.1) is 23.5 Å². The van der Waals surface area contributed by atoms with Crippen molar-refractivity contribution in [2.45, 2.75) is 33.6 Å². The highest BCUT2D eigenvalue weighted by Crippen LogP contribution is 2.29. The predicted molar refractivity (Wildman–Crippen MR) is 68.1 cm³/mol. The van der Waals surface area contributed by atoms with Crippen LogP contribution in [0.2, 0.25) is 0 Å². The van der Waals surface area contributed by atoms with Crippen molar-refractivity contribution in [1.82, 2.24) is 0 Å². The van der Waals surface area contributed by atoms with Crippen LogP contribution in [0.3, 0.4) is 0 Å². The molecule has 0 fully saturated rings. The summed E-state index contributed by atoms with van der Waals surface area (Å²) in [7, 11) is 3.55. The van der Waals surface area contributed by atoms with Crippen LogP contribution in [-0.2, 0) is 0 Å². The fourth-order valence-corrected chi connectivity index (χ4v) is 1.66. The Morgan fingerprint density at radius 3 is 2.12 bits per heavy atom. The zero-order chi connectivity index (χ0) is 12.0. The molecule has 16 heavy (non-hydrogen) atoms. The largest absolute Gasteiger partial charge is 0.490 e. The minimum absolute atomic E-state index is 0.712. The second kappa shape index (κ2) is 6.58. The second-order valence-electron chi connectivity index (χ2n) is 3.79. The molecular weight excluding hydrogens is 216 g/mol. The highest BCUT2D eigenvalue weighted by molar-refractivity contribution is 6.34. The Bertz CT molecular complexity index is 304. The lowest BCUT2D eigenvalue weighted by atomic mass is 10.2. The molecule has 3 heteroatoms. The molecule has 0 N–H and O–H groups in total. The van der Waals surface area contributed by atoms with Gasteiger partial charge >= 0.3 is 0 Å². The monoisotopic (exact) mass is 235 g/mol. The van der Waals surface area contributed by atoms with Gasteiger partial charge in [-0.15, -0.1) is 0 Å². The third kappa shape index (κ3) is 3.27. The van der Waals surface area contributed by atoms with Gasteiger partial charge in [-0.1, -0.05) is 26.0 Å². The van der Waals surface area contributed by atoms with Gasteiger partial charge in [0.1, 0.15) is 0 Å². The average molecular weight is 235 g/mol. The molecule has 0 saturated heterocycles. The highest BCUT2D eigenvalue weighted by Gasteiger charge is 2.11. The number of aryl methyl sites for hydroxylation is 1. The van der Waals surface area contributed by atoms with Gasteiger partial charge in [-0.2, -0.15) is 0 Å². The van der Waals surface area contributed by atoms with E-state index in [4.69, 9.17) is 9.47 Å². The molecule has 2 nitrogen and oxygen atoms in total. The Kier molecular flexibility index (Phi) is 5.39. The zero-order valence-electron chi connectivity index (χ0n) is 10.3. The molecule has 3 radical (unpaired) electrons. The van der Waals surface area contributed by atoms with Crippen LogP contribution in [-0.4, -0.2) is 23.5 Å². The standard InChI is InChI=1S/C13H19O2Si/c1-4-8-14-12-10(3)6-7-11(16)13(12)15-9-5-2/h6-7H,4-5,8-9H2,1-3H3. The summed E-state index contributed by atoms with van der Waals surface area (Å²) in [5, 5.41) is 0.949. The summed E-state index contributed by atoms with van der Waals surface area (Å²) in [6.45, 7) is 7.66. The molecule has 0 atom stereocenters. The smallest absolute Gasteiger partial charge is 0.163 e. The number of ether oxygens (including phenoxy) is 2. The van der Waals surface area contributed by atoms with E-state index in [1.165, 1.54) is 0 Å². The SMILES string of the molecule is CCCOc1c(C)ccc([Si])c1OCCC. The first-order valence-corrected chi connectivity index (χ1v) is 6.31. The van der Waals surface area contributed by atoms with E-state index in [1.807, 2.05) is 19.1 Å². The van der Waals surface area contributed by atoms with Crippen molar-refractivity contribution >= 4 is 15.4 Å². The van der Waals surface area contributed by atoms with Gasteiger partial charge < -0.3 is 9.47 Å². The summed E-state index contributed by atoms with van der Waals surface area (Å²) < 4.78 is 11.5. The maximum Gasteiger partial charge on any atom is 0.163 e. The van der Waals surface area contributed by atoms with E-state index >= 15 is 0 Å². The van der Waals surface area contributed by atoms with E-state index in [1.54, 1.807) is 0 Å². The number of benzene rings is 1. The first kappa shape index (κ1) is 13.1. The Hall–Kier alpha value is -0.963. The summed E-state index contributed by atoms with van der Waals surface area (Å²) >= 11 is 0. The molecule has 0 heterocycles. The fourth-order valence-electron chi connectivity index (χ4n) is 1.39. The van der Waals surface area contributed by atoms with E-state index in [0.29, 0.717) is 6.61 Å². The molecule has 87 valence electrons. The van der Waals surface area contributed by atoms with Gasteiger partial charge in [0.25, 0.3) is 0 Å². The minimum atomic E-state index is 0.712. The van der Waals surface area contributed by atoms with Gasteiger partial charge in [-0.25, -0.2) is 0 Å². The zero-order valence-corrected chi connectivity index (χ0v) is 11.3. The summed E-state index contributed by atoms with van der Waals surface area (Å²) in [5.41, 5.74) is 1.11. The Balaban J connectivity index is 2.94. The lowest BCUT2D eigenvalue weighted by Gasteiger charge is -2.16. The van der Waals surface area contributed by atoms with Crippen molar-refractivity contribution in [1.29, 1.82) is 0 Å². The van der Waals surface area contributed by atoms with E-state index in [0.717, 1.165) is 41.7 Å². The highest BCUT2D eigenvalue weighted by atomic mass is 28.1. The third-order valence-electron chi connectivity index (χ3n) is 2.21. The van der Waals surface area contributed by atoms with Crippen LogP contribution in [0, 0.1) is 6.92 Å². The lowest BCUT2D eigenvalue weighted by molar-refractivity contribution is 0.269. The van der Waals surface area contributed by atoms with E-state index in [2.05, 4.69) is 24.1 Å². The van der Waals surface area contributed by atoms with Gasteiger partial charge in [0.2, 0.25) is 0 Å². The fraction of sp³-hybridized carbons (Fsp3) is 0.538. The molecule has 1 aromatic rings. The van der Waals surface area contributed by atoms with Gasteiger partial charge in [0, 0.05) is 0 Å². The molecule has 0 aliphatic heterocycles. The van der Waals surface area contributed by atoms with E-state index in [9.17, 15) is 0 Å². The summed E-state index contributed by atoms with van der Waals surface area (Å²) in [6.07, 6.45) is 1.99. The second-order valence-corrected chi connectivity index (χ2v) is 4.32. The lowest BCUT2D eigenvalue weighted by Crippen LogP contribution is -2.13. The van der Waals surface area contributed by atoms with E-state index in [-0.39, 0.29) is 0 Å². The normalized spacial score (nSPS) is 10.2. The van der Waals surface area contributed by atoms with Crippen molar-refractivity contribution in [3.63, 3.8) is 0 Å². The van der Waals surface area contributed by atoms with Crippen LogP contribution in [0.5, 0.6) is 11.5 Å². The Morgan fingerprint density at radius 1 is 1.00 bits per heavy atom. The summed E-state index contributed by atoms with van der Waals surface area (Å²) in [6, 6.07) is 4.03. The minimum Gasteiger partial charge on any atom is -0.490 e. The molecule has 0 spiro atoms. The van der Waals surface area contributed by atoms with Gasteiger partial charge in [-0.3, -0.25) is 0 Å². The molecule has 0 bridgehead atoms. The topological polar surface area (TPSA) is 18.5 Å². The molecule has 0 amide bonds. The average Bonchev–Trinajstić information content (AvgIpc) is 2.29. The maximum atomic E-state index is 5.74.